The summed E-state index contributed by atoms with van der Waals surface area (Å²) in [7, 11) is -3.53. The number of morpholine rings is 1. The lowest BCUT2D eigenvalue weighted by Gasteiger charge is -2.34. The number of benzene rings is 1. The zero-order chi connectivity index (χ0) is 18.7. The van der Waals surface area contributed by atoms with Gasteiger partial charge in [0, 0.05) is 24.7 Å². The molecule has 1 saturated heterocycles. The first-order valence-corrected chi connectivity index (χ1v) is 10.8. The Morgan fingerprint density at radius 2 is 1.77 bits per heavy atom. The first kappa shape index (κ1) is 19.3. The molecule has 1 aromatic carbocycles. The maximum Gasteiger partial charge on any atom is 0.251 e. The zero-order valence-corrected chi connectivity index (χ0v) is 16.3. The van der Waals surface area contributed by atoms with Gasteiger partial charge >= 0.3 is 0 Å². The van der Waals surface area contributed by atoms with Crippen LogP contribution in [0, 0.1) is 11.8 Å². The second-order valence-electron chi connectivity index (χ2n) is 7.39. The summed E-state index contributed by atoms with van der Waals surface area (Å²) in [4.78, 5) is 12.8. The van der Waals surface area contributed by atoms with Crippen LogP contribution in [0.4, 0.5) is 0 Å². The van der Waals surface area contributed by atoms with Crippen LogP contribution in [0.1, 0.15) is 43.5 Å². The molecule has 0 bridgehead atoms. The molecule has 1 heterocycles. The van der Waals surface area contributed by atoms with Crippen LogP contribution in [0.5, 0.6) is 0 Å². The van der Waals surface area contributed by atoms with Crippen molar-refractivity contribution in [2.24, 2.45) is 11.8 Å². The third-order valence-electron chi connectivity index (χ3n) is 5.75. The van der Waals surface area contributed by atoms with Crippen molar-refractivity contribution < 1.29 is 17.9 Å². The molecule has 26 heavy (non-hydrogen) atoms. The van der Waals surface area contributed by atoms with E-state index in [1.54, 1.807) is 12.1 Å². The number of amides is 1. The van der Waals surface area contributed by atoms with Crippen LogP contribution < -0.4 is 5.32 Å². The van der Waals surface area contributed by atoms with E-state index >= 15 is 0 Å². The molecule has 6 nitrogen and oxygen atoms in total. The summed E-state index contributed by atoms with van der Waals surface area (Å²) in [6, 6.07) is 6.42. The topological polar surface area (TPSA) is 75.7 Å². The number of ether oxygens (including phenoxy) is 1. The number of sulfonamides is 1. The van der Waals surface area contributed by atoms with Gasteiger partial charge in [0.1, 0.15) is 0 Å². The molecular formula is C19H28N2O4S. The highest BCUT2D eigenvalue weighted by Crippen LogP contribution is 2.29. The van der Waals surface area contributed by atoms with Crippen LogP contribution in [-0.2, 0) is 14.8 Å². The number of carbonyl (C=O) groups is 1. The van der Waals surface area contributed by atoms with Crippen LogP contribution in [-0.4, -0.2) is 51.0 Å². The summed E-state index contributed by atoms with van der Waals surface area (Å²) in [6.07, 6.45) is 3.34. The number of carbonyl (C=O) groups excluding carboxylic acids is 1. The minimum absolute atomic E-state index is 0.133. The van der Waals surface area contributed by atoms with Gasteiger partial charge in [-0.2, -0.15) is 4.31 Å². The number of hydrogen-bond acceptors (Lipinski definition) is 4. The monoisotopic (exact) mass is 380 g/mol. The normalized spacial score (nSPS) is 27.8. The number of nitrogens with zero attached hydrogens (tertiary/aromatic N) is 1. The molecule has 1 amide bonds. The molecule has 1 saturated carbocycles. The minimum atomic E-state index is -3.53. The van der Waals surface area contributed by atoms with Gasteiger partial charge in [-0.05, 0) is 42.5 Å². The van der Waals surface area contributed by atoms with Crippen molar-refractivity contribution in [1.29, 1.82) is 0 Å². The van der Waals surface area contributed by atoms with Gasteiger partial charge in [-0.15, -0.1) is 0 Å². The van der Waals surface area contributed by atoms with Gasteiger partial charge < -0.3 is 10.1 Å². The van der Waals surface area contributed by atoms with E-state index in [2.05, 4.69) is 19.2 Å². The lowest BCUT2D eigenvalue weighted by Crippen LogP contribution is -2.43. The Morgan fingerprint density at radius 1 is 1.12 bits per heavy atom. The molecule has 3 unspecified atom stereocenters. The Labute approximate surface area is 156 Å². The van der Waals surface area contributed by atoms with Gasteiger partial charge in [0.05, 0.1) is 18.1 Å². The number of nitrogens with one attached hydrogen (secondary N) is 1. The quantitative estimate of drug-likeness (QED) is 0.869. The standard InChI is InChI=1S/C19H28N2O4S/c1-14-4-3-5-18(15(14)2)20-19(22)16-6-8-17(9-7-16)26(23,24)21-10-12-25-13-11-21/h6-9,14-15,18H,3-5,10-13H2,1-2H3,(H,20,22). The largest absolute Gasteiger partial charge is 0.379 e. The van der Waals surface area contributed by atoms with Crippen molar-refractivity contribution in [2.75, 3.05) is 26.3 Å². The predicted octanol–water partition coefficient (Wildman–Crippen LogP) is 2.26. The summed E-state index contributed by atoms with van der Waals surface area (Å²) in [6.45, 7) is 5.97. The molecule has 1 N–H and O–H groups in total. The second-order valence-corrected chi connectivity index (χ2v) is 9.33. The molecule has 0 spiro atoms. The SMILES string of the molecule is CC1CCCC(NC(=O)c2ccc(S(=O)(=O)N3CCOCC3)cc2)C1C. The van der Waals surface area contributed by atoms with Crippen molar-refractivity contribution in [1.82, 2.24) is 9.62 Å². The van der Waals surface area contributed by atoms with Gasteiger partial charge in [-0.1, -0.05) is 26.7 Å². The minimum Gasteiger partial charge on any atom is -0.379 e. The highest BCUT2D eigenvalue weighted by atomic mass is 32.2. The number of rotatable bonds is 4. The molecule has 7 heteroatoms. The molecule has 1 aromatic rings. The average Bonchev–Trinajstić information content (AvgIpc) is 2.66. The Bertz CT molecular complexity index is 726. The van der Waals surface area contributed by atoms with E-state index in [9.17, 15) is 13.2 Å². The summed E-state index contributed by atoms with van der Waals surface area (Å²) in [5.41, 5.74) is 0.497. The van der Waals surface area contributed by atoms with E-state index < -0.39 is 10.0 Å². The Kier molecular flexibility index (Phi) is 5.99. The maximum atomic E-state index is 12.6. The molecule has 2 fully saturated rings. The predicted molar refractivity (Wildman–Crippen MR) is 99.5 cm³/mol. The highest BCUT2D eigenvalue weighted by molar-refractivity contribution is 7.89. The maximum absolute atomic E-state index is 12.6. The van der Waals surface area contributed by atoms with Crippen molar-refractivity contribution >= 4 is 15.9 Å². The molecule has 0 aromatic heterocycles. The van der Waals surface area contributed by atoms with E-state index in [0.717, 1.165) is 12.8 Å². The van der Waals surface area contributed by atoms with Gasteiger partial charge in [0.25, 0.3) is 5.91 Å². The fourth-order valence-corrected chi connectivity index (χ4v) is 5.16. The molecule has 3 rings (SSSR count). The summed E-state index contributed by atoms with van der Waals surface area (Å²) in [5.74, 6) is 0.926. The summed E-state index contributed by atoms with van der Waals surface area (Å²) >= 11 is 0. The molecule has 0 radical (unpaired) electrons. The fourth-order valence-electron chi connectivity index (χ4n) is 3.75. The Morgan fingerprint density at radius 3 is 2.42 bits per heavy atom. The smallest absolute Gasteiger partial charge is 0.251 e. The van der Waals surface area contributed by atoms with Gasteiger partial charge in [-0.25, -0.2) is 8.42 Å². The van der Waals surface area contributed by atoms with Gasteiger partial charge in [0.15, 0.2) is 0 Å². The van der Waals surface area contributed by atoms with E-state index in [0.29, 0.717) is 43.7 Å². The average molecular weight is 381 g/mol. The summed E-state index contributed by atoms with van der Waals surface area (Å²) in [5, 5.41) is 3.12. The van der Waals surface area contributed by atoms with Gasteiger partial charge in [-0.3, -0.25) is 4.79 Å². The first-order valence-electron chi connectivity index (χ1n) is 9.38. The fraction of sp³-hybridized carbons (Fsp3) is 0.632. The lowest BCUT2D eigenvalue weighted by atomic mass is 9.78. The summed E-state index contributed by atoms with van der Waals surface area (Å²) < 4.78 is 31.9. The Balaban J connectivity index is 1.68. The molecular weight excluding hydrogens is 352 g/mol. The third-order valence-corrected chi connectivity index (χ3v) is 7.66. The van der Waals surface area contributed by atoms with E-state index in [1.807, 2.05) is 0 Å². The second kappa shape index (κ2) is 8.06. The third kappa shape index (κ3) is 4.10. The Hall–Kier alpha value is -1.44. The van der Waals surface area contributed by atoms with Crippen LogP contribution >= 0.6 is 0 Å². The van der Waals surface area contributed by atoms with Gasteiger partial charge in [0.2, 0.25) is 10.0 Å². The molecule has 3 atom stereocenters. The highest BCUT2D eigenvalue weighted by Gasteiger charge is 2.29. The van der Waals surface area contributed by atoms with E-state index in [1.165, 1.54) is 22.9 Å². The van der Waals surface area contributed by atoms with E-state index in [4.69, 9.17) is 4.74 Å². The first-order chi connectivity index (χ1) is 12.4. The van der Waals surface area contributed by atoms with Crippen molar-refractivity contribution in [3.05, 3.63) is 29.8 Å². The van der Waals surface area contributed by atoms with Crippen LogP contribution in [0.2, 0.25) is 0 Å². The molecule has 1 aliphatic carbocycles. The molecule has 2 aliphatic rings. The van der Waals surface area contributed by atoms with Crippen LogP contribution in [0.25, 0.3) is 0 Å². The van der Waals surface area contributed by atoms with Crippen LogP contribution in [0.15, 0.2) is 29.2 Å². The van der Waals surface area contributed by atoms with E-state index in [-0.39, 0.29) is 16.8 Å². The van der Waals surface area contributed by atoms with Crippen molar-refractivity contribution in [2.45, 2.75) is 44.0 Å². The molecule has 144 valence electrons. The number of hydrogen-bond donors (Lipinski definition) is 1. The van der Waals surface area contributed by atoms with Crippen molar-refractivity contribution in [3.63, 3.8) is 0 Å². The lowest BCUT2D eigenvalue weighted by molar-refractivity contribution is 0.0730. The van der Waals surface area contributed by atoms with Crippen molar-refractivity contribution in [3.8, 4) is 0 Å². The molecule has 1 aliphatic heterocycles. The van der Waals surface area contributed by atoms with Crippen LogP contribution in [0.3, 0.4) is 0 Å². The zero-order valence-electron chi connectivity index (χ0n) is 15.5.